The predicted octanol–water partition coefficient (Wildman–Crippen LogP) is 3.52. The Kier molecular flexibility index (Phi) is 3.32. The number of phenolic OH excluding ortho intramolecular Hbond substituents is 1. The van der Waals surface area contributed by atoms with Crippen molar-refractivity contribution in [2.75, 3.05) is 5.32 Å². The molecule has 2 rings (SSSR count). The highest BCUT2D eigenvalue weighted by atomic mass is 19.1. The lowest BCUT2D eigenvalue weighted by atomic mass is 10.1. The van der Waals surface area contributed by atoms with Gasteiger partial charge < -0.3 is 10.4 Å². The van der Waals surface area contributed by atoms with Crippen LogP contribution in [0.1, 0.15) is 32.6 Å². The van der Waals surface area contributed by atoms with Gasteiger partial charge in [0.1, 0.15) is 0 Å². The van der Waals surface area contributed by atoms with E-state index in [1.165, 1.54) is 31.4 Å². The summed E-state index contributed by atoms with van der Waals surface area (Å²) < 4.78 is 13.1. The molecule has 0 heterocycles. The molecule has 0 aromatic heterocycles. The number of benzene rings is 1. The maximum atomic E-state index is 13.1. The smallest absolute Gasteiger partial charge is 0.166 e. The quantitative estimate of drug-likeness (QED) is 0.768. The van der Waals surface area contributed by atoms with Crippen molar-refractivity contribution in [3.63, 3.8) is 0 Å². The first-order valence-corrected chi connectivity index (χ1v) is 5.94. The van der Waals surface area contributed by atoms with Gasteiger partial charge in [0, 0.05) is 17.8 Å². The molecule has 0 amide bonds. The number of nitrogens with one attached hydrogen (secondary N) is 1. The maximum Gasteiger partial charge on any atom is 0.166 e. The normalized spacial score (nSPS) is 24.6. The summed E-state index contributed by atoms with van der Waals surface area (Å²) in [6, 6.07) is 4.92. The molecule has 1 aromatic carbocycles. The summed E-state index contributed by atoms with van der Waals surface area (Å²) >= 11 is 0. The van der Waals surface area contributed by atoms with Crippen LogP contribution in [0, 0.1) is 11.7 Å². The minimum atomic E-state index is -0.560. The van der Waals surface area contributed by atoms with Crippen LogP contribution < -0.4 is 5.32 Å². The van der Waals surface area contributed by atoms with E-state index in [9.17, 15) is 4.39 Å². The minimum absolute atomic E-state index is 0.289. The lowest BCUT2D eigenvalue weighted by Gasteiger charge is -2.14. The molecule has 3 heteroatoms. The van der Waals surface area contributed by atoms with Crippen molar-refractivity contribution >= 4 is 5.69 Å². The van der Waals surface area contributed by atoms with E-state index in [4.69, 9.17) is 5.11 Å². The lowest BCUT2D eigenvalue weighted by molar-refractivity contribution is 0.432. The number of hydrogen-bond donors (Lipinski definition) is 2. The van der Waals surface area contributed by atoms with Crippen LogP contribution >= 0.6 is 0 Å². The first-order valence-electron chi connectivity index (χ1n) is 5.94. The third-order valence-electron chi connectivity index (χ3n) is 3.44. The molecule has 1 aromatic rings. The summed E-state index contributed by atoms with van der Waals surface area (Å²) in [5, 5.41) is 12.4. The molecule has 2 nitrogen and oxygen atoms in total. The van der Waals surface area contributed by atoms with Crippen molar-refractivity contribution in [3.05, 3.63) is 24.0 Å². The molecule has 1 aliphatic carbocycles. The molecular weight excluding hydrogens is 205 g/mol. The zero-order valence-corrected chi connectivity index (χ0v) is 9.54. The molecular formula is C13H18FNO. The molecule has 88 valence electrons. The highest BCUT2D eigenvalue weighted by Gasteiger charge is 2.23. The van der Waals surface area contributed by atoms with Gasteiger partial charge in [-0.3, -0.25) is 0 Å². The highest BCUT2D eigenvalue weighted by Crippen LogP contribution is 2.30. The first-order chi connectivity index (χ1) is 7.69. The number of aromatic hydroxyl groups is 1. The Balaban J connectivity index is 1.97. The number of rotatable bonds is 3. The molecule has 16 heavy (non-hydrogen) atoms. The van der Waals surface area contributed by atoms with Crippen molar-refractivity contribution in [1.29, 1.82) is 0 Å². The zero-order valence-electron chi connectivity index (χ0n) is 9.54. The minimum Gasteiger partial charge on any atom is -0.505 e. The highest BCUT2D eigenvalue weighted by molar-refractivity contribution is 5.47. The van der Waals surface area contributed by atoms with Gasteiger partial charge in [0.2, 0.25) is 0 Å². The molecule has 1 aliphatic rings. The van der Waals surface area contributed by atoms with Crippen molar-refractivity contribution < 1.29 is 9.50 Å². The Hall–Kier alpha value is -1.25. The average Bonchev–Trinajstić information content (AvgIpc) is 2.71. The molecule has 0 saturated heterocycles. The average molecular weight is 223 g/mol. The Morgan fingerprint density at radius 2 is 2.25 bits per heavy atom. The predicted molar refractivity (Wildman–Crippen MR) is 63.1 cm³/mol. The van der Waals surface area contributed by atoms with Gasteiger partial charge >= 0.3 is 0 Å². The Morgan fingerprint density at radius 3 is 2.88 bits per heavy atom. The van der Waals surface area contributed by atoms with Gasteiger partial charge in [-0.1, -0.05) is 13.3 Å². The van der Waals surface area contributed by atoms with Crippen LogP contribution in [0.2, 0.25) is 0 Å². The second-order valence-corrected chi connectivity index (χ2v) is 4.59. The van der Waals surface area contributed by atoms with Gasteiger partial charge in [0.05, 0.1) is 0 Å². The van der Waals surface area contributed by atoms with Crippen LogP contribution in [0.3, 0.4) is 0 Å². The summed E-state index contributed by atoms with van der Waals surface area (Å²) in [5.74, 6) is -0.0436. The molecule has 0 radical (unpaired) electrons. The standard InChI is InChI=1S/C13H18FNO/c1-2-9-3-4-10(7-9)15-11-5-6-13(16)12(14)8-11/h5-6,8-10,15-16H,2-4,7H2,1H3. The maximum absolute atomic E-state index is 13.1. The molecule has 2 unspecified atom stereocenters. The molecule has 0 spiro atoms. The summed E-state index contributed by atoms with van der Waals surface area (Å²) in [6.07, 6.45) is 4.80. The number of hydrogen-bond acceptors (Lipinski definition) is 2. The molecule has 0 bridgehead atoms. The number of halogens is 1. The topological polar surface area (TPSA) is 32.3 Å². The van der Waals surface area contributed by atoms with Crippen LogP contribution in [0.25, 0.3) is 0 Å². The first kappa shape index (κ1) is 11.2. The SMILES string of the molecule is CCC1CCC(Nc2ccc(O)c(F)c2)C1. The molecule has 1 fully saturated rings. The third-order valence-corrected chi connectivity index (χ3v) is 3.44. The van der Waals surface area contributed by atoms with Crippen LogP contribution in [-0.2, 0) is 0 Å². The molecule has 2 N–H and O–H groups in total. The lowest BCUT2D eigenvalue weighted by Crippen LogP contribution is -2.15. The largest absolute Gasteiger partial charge is 0.505 e. The van der Waals surface area contributed by atoms with Crippen molar-refractivity contribution in [2.24, 2.45) is 5.92 Å². The van der Waals surface area contributed by atoms with Crippen LogP contribution in [0.15, 0.2) is 18.2 Å². The fourth-order valence-electron chi connectivity index (χ4n) is 2.41. The van der Waals surface area contributed by atoms with Crippen molar-refractivity contribution in [3.8, 4) is 5.75 Å². The van der Waals surface area contributed by atoms with E-state index in [0.717, 1.165) is 18.0 Å². The summed E-state index contributed by atoms with van der Waals surface area (Å²) in [7, 11) is 0. The zero-order chi connectivity index (χ0) is 11.5. The van der Waals surface area contributed by atoms with Gasteiger partial charge in [0.15, 0.2) is 11.6 Å². The molecule has 1 saturated carbocycles. The van der Waals surface area contributed by atoms with Crippen LogP contribution in [0.4, 0.5) is 10.1 Å². The van der Waals surface area contributed by atoms with Crippen molar-refractivity contribution in [2.45, 2.75) is 38.6 Å². The van der Waals surface area contributed by atoms with Gasteiger partial charge in [0.25, 0.3) is 0 Å². The van der Waals surface area contributed by atoms with Crippen LogP contribution in [0.5, 0.6) is 5.75 Å². The van der Waals surface area contributed by atoms with E-state index in [0.29, 0.717) is 6.04 Å². The Labute approximate surface area is 95.5 Å². The summed E-state index contributed by atoms with van der Waals surface area (Å²) in [5.41, 5.74) is 0.761. The van der Waals surface area contributed by atoms with Gasteiger partial charge in [-0.25, -0.2) is 4.39 Å². The van der Waals surface area contributed by atoms with E-state index in [1.807, 2.05) is 0 Å². The Morgan fingerprint density at radius 1 is 1.44 bits per heavy atom. The van der Waals surface area contributed by atoms with Gasteiger partial charge in [-0.15, -0.1) is 0 Å². The van der Waals surface area contributed by atoms with E-state index in [-0.39, 0.29) is 5.75 Å². The van der Waals surface area contributed by atoms with Gasteiger partial charge in [-0.2, -0.15) is 0 Å². The number of phenols is 1. The second-order valence-electron chi connectivity index (χ2n) is 4.59. The second kappa shape index (κ2) is 4.73. The van der Waals surface area contributed by atoms with E-state index in [2.05, 4.69) is 12.2 Å². The van der Waals surface area contributed by atoms with E-state index < -0.39 is 5.82 Å². The fourth-order valence-corrected chi connectivity index (χ4v) is 2.41. The van der Waals surface area contributed by atoms with E-state index >= 15 is 0 Å². The fraction of sp³-hybridized carbons (Fsp3) is 0.538. The van der Waals surface area contributed by atoms with Crippen molar-refractivity contribution in [1.82, 2.24) is 0 Å². The third kappa shape index (κ3) is 2.46. The van der Waals surface area contributed by atoms with Crippen LogP contribution in [-0.4, -0.2) is 11.1 Å². The Bertz CT molecular complexity index is 367. The molecule has 0 aliphatic heterocycles. The van der Waals surface area contributed by atoms with E-state index in [1.54, 1.807) is 6.07 Å². The molecule has 2 atom stereocenters. The summed E-state index contributed by atoms with van der Waals surface area (Å²) in [4.78, 5) is 0. The van der Waals surface area contributed by atoms with Gasteiger partial charge in [-0.05, 0) is 37.3 Å². The number of anilines is 1. The monoisotopic (exact) mass is 223 g/mol. The summed E-state index contributed by atoms with van der Waals surface area (Å²) in [6.45, 7) is 2.22.